The van der Waals surface area contributed by atoms with E-state index in [1.165, 1.54) is 6.92 Å². The third kappa shape index (κ3) is 4.29. The van der Waals surface area contributed by atoms with Gasteiger partial charge in [0.1, 0.15) is 13.2 Å². The summed E-state index contributed by atoms with van der Waals surface area (Å²) in [4.78, 5) is 28.9. The van der Waals surface area contributed by atoms with E-state index in [1.54, 1.807) is 12.1 Å². The molecule has 1 N–H and O–H groups in total. The summed E-state index contributed by atoms with van der Waals surface area (Å²) in [6, 6.07) is 3.32. The van der Waals surface area contributed by atoms with Crippen molar-refractivity contribution >= 4 is 17.4 Å². The Morgan fingerprint density at radius 1 is 1.04 bits per heavy atom. The van der Waals surface area contributed by atoms with E-state index in [0.717, 1.165) is 32.7 Å². The molecule has 136 valence electrons. The SMILES string of the molecule is CCN1CCN(CC(=O)Nc2cc3c(cc2C(C)=O)OCCO3)CC1. The van der Waals surface area contributed by atoms with Gasteiger partial charge in [-0.15, -0.1) is 0 Å². The molecule has 1 amide bonds. The normalized spacial score (nSPS) is 18.0. The van der Waals surface area contributed by atoms with Crippen molar-refractivity contribution < 1.29 is 19.1 Å². The quantitative estimate of drug-likeness (QED) is 0.808. The molecule has 0 unspecified atom stereocenters. The molecule has 3 rings (SSSR count). The average Bonchev–Trinajstić information content (AvgIpc) is 2.61. The van der Waals surface area contributed by atoms with E-state index in [1.807, 2.05) is 0 Å². The summed E-state index contributed by atoms with van der Waals surface area (Å²) in [6.07, 6.45) is 0. The summed E-state index contributed by atoms with van der Waals surface area (Å²) in [6.45, 7) is 9.62. The van der Waals surface area contributed by atoms with Crippen LogP contribution in [0.1, 0.15) is 24.2 Å². The number of nitrogens with one attached hydrogen (secondary N) is 1. The fraction of sp³-hybridized carbons (Fsp3) is 0.556. The molecule has 25 heavy (non-hydrogen) atoms. The van der Waals surface area contributed by atoms with Crippen molar-refractivity contribution in [3.8, 4) is 11.5 Å². The van der Waals surface area contributed by atoms with Gasteiger partial charge in [0.15, 0.2) is 17.3 Å². The minimum atomic E-state index is -0.121. The van der Waals surface area contributed by atoms with Crippen molar-refractivity contribution in [2.45, 2.75) is 13.8 Å². The van der Waals surface area contributed by atoms with E-state index in [2.05, 4.69) is 22.0 Å². The lowest BCUT2D eigenvalue weighted by atomic mass is 10.1. The predicted octanol–water partition coefficient (Wildman–Crippen LogP) is 1.24. The Morgan fingerprint density at radius 3 is 2.24 bits per heavy atom. The lowest BCUT2D eigenvalue weighted by molar-refractivity contribution is -0.117. The van der Waals surface area contributed by atoms with Crippen molar-refractivity contribution in [1.29, 1.82) is 0 Å². The number of hydrogen-bond acceptors (Lipinski definition) is 6. The topological polar surface area (TPSA) is 71.1 Å². The molecule has 0 aromatic heterocycles. The Balaban J connectivity index is 1.67. The second-order valence-corrected chi connectivity index (χ2v) is 6.36. The largest absolute Gasteiger partial charge is 0.486 e. The van der Waals surface area contributed by atoms with E-state index in [0.29, 0.717) is 42.5 Å². The van der Waals surface area contributed by atoms with Gasteiger partial charge in [-0.3, -0.25) is 14.5 Å². The molecule has 0 saturated carbocycles. The number of fused-ring (bicyclic) bond motifs is 1. The van der Waals surface area contributed by atoms with Crippen LogP contribution in [0.4, 0.5) is 5.69 Å². The van der Waals surface area contributed by atoms with Gasteiger partial charge in [0.2, 0.25) is 5.91 Å². The van der Waals surface area contributed by atoms with Gasteiger partial charge in [-0.25, -0.2) is 0 Å². The van der Waals surface area contributed by atoms with Gasteiger partial charge in [-0.2, -0.15) is 0 Å². The standard InChI is InChI=1S/C18H25N3O4/c1-3-20-4-6-21(7-5-20)12-18(23)19-15-11-17-16(24-8-9-25-17)10-14(15)13(2)22/h10-11H,3-9,12H2,1-2H3,(H,19,23). The molecule has 1 fully saturated rings. The first-order valence-electron chi connectivity index (χ1n) is 8.76. The maximum absolute atomic E-state index is 12.4. The van der Waals surface area contributed by atoms with Gasteiger partial charge < -0.3 is 19.7 Å². The second kappa shape index (κ2) is 7.84. The third-order valence-electron chi connectivity index (χ3n) is 4.62. The number of nitrogens with zero attached hydrogens (tertiary/aromatic N) is 2. The van der Waals surface area contributed by atoms with Crippen molar-refractivity contribution in [1.82, 2.24) is 9.80 Å². The van der Waals surface area contributed by atoms with Crippen LogP contribution in [0.3, 0.4) is 0 Å². The Kier molecular flexibility index (Phi) is 5.55. The molecule has 2 heterocycles. The molecule has 2 aliphatic heterocycles. The van der Waals surface area contributed by atoms with E-state index in [-0.39, 0.29) is 11.7 Å². The van der Waals surface area contributed by atoms with Crippen LogP contribution in [0.15, 0.2) is 12.1 Å². The molecule has 0 spiro atoms. The van der Waals surface area contributed by atoms with Gasteiger partial charge >= 0.3 is 0 Å². The van der Waals surface area contributed by atoms with Crippen molar-refractivity contribution in [2.24, 2.45) is 0 Å². The number of likely N-dealkylation sites (N-methyl/N-ethyl adjacent to an activating group) is 1. The number of hydrogen-bond donors (Lipinski definition) is 1. The maximum Gasteiger partial charge on any atom is 0.238 e. The van der Waals surface area contributed by atoms with E-state index in [4.69, 9.17) is 9.47 Å². The Bertz CT molecular complexity index is 654. The smallest absolute Gasteiger partial charge is 0.238 e. The second-order valence-electron chi connectivity index (χ2n) is 6.36. The summed E-state index contributed by atoms with van der Waals surface area (Å²) < 4.78 is 11.1. The Labute approximate surface area is 147 Å². The minimum absolute atomic E-state index is 0.121. The molecule has 1 aromatic rings. The molecule has 0 radical (unpaired) electrons. The molecule has 0 atom stereocenters. The van der Waals surface area contributed by atoms with Crippen LogP contribution in [0.2, 0.25) is 0 Å². The number of anilines is 1. The number of ether oxygens (including phenoxy) is 2. The zero-order valence-electron chi connectivity index (χ0n) is 14.8. The first kappa shape index (κ1) is 17.7. The van der Waals surface area contributed by atoms with E-state index >= 15 is 0 Å². The van der Waals surface area contributed by atoms with Crippen LogP contribution in [-0.2, 0) is 4.79 Å². The van der Waals surface area contributed by atoms with Crippen LogP contribution in [-0.4, -0.2) is 74.0 Å². The van der Waals surface area contributed by atoms with Gasteiger partial charge in [-0.05, 0) is 19.5 Å². The monoisotopic (exact) mass is 347 g/mol. The van der Waals surface area contributed by atoms with Gasteiger partial charge in [-0.1, -0.05) is 6.92 Å². The predicted molar refractivity (Wildman–Crippen MR) is 94.6 cm³/mol. The van der Waals surface area contributed by atoms with Crippen molar-refractivity contribution in [3.63, 3.8) is 0 Å². The lowest BCUT2D eigenvalue weighted by Gasteiger charge is -2.33. The number of piperazine rings is 1. The highest BCUT2D eigenvalue weighted by molar-refractivity contribution is 6.05. The van der Waals surface area contributed by atoms with Crippen LogP contribution in [0.25, 0.3) is 0 Å². The fourth-order valence-corrected chi connectivity index (χ4v) is 3.14. The van der Waals surface area contributed by atoms with Crippen LogP contribution in [0.5, 0.6) is 11.5 Å². The molecular formula is C18H25N3O4. The fourth-order valence-electron chi connectivity index (χ4n) is 3.14. The number of amides is 1. The average molecular weight is 347 g/mol. The van der Waals surface area contributed by atoms with Gasteiger partial charge in [0, 0.05) is 37.8 Å². The highest BCUT2D eigenvalue weighted by Gasteiger charge is 2.21. The van der Waals surface area contributed by atoms with E-state index in [9.17, 15) is 9.59 Å². The summed E-state index contributed by atoms with van der Waals surface area (Å²) in [5.74, 6) is 0.862. The third-order valence-corrected chi connectivity index (χ3v) is 4.62. The maximum atomic E-state index is 12.4. The van der Waals surface area contributed by atoms with Crippen LogP contribution in [0, 0.1) is 0 Å². The zero-order valence-corrected chi connectivity index (χ0v) is 14.8. The summed E-state index contributed by atoms with van der Waals surface area (Å²) in [5.41, 5.74) is 0.919. The Hall–Kier alpha value is -2.12. The highest BCUT2D eigenvalue weighted by Crippen LogP contribution is 2.35. The summed E-state index contributed by atoms with van der Waals surface area (Å²) >= 11 is 0. The lowest BCUT2D eigenvalue weighted by Crippen LogP contribution is -2.48. The molecule has 7 nitrogen and oxygen atoms in total. The number of carbonyl (C=O) groups excluding carboxylic acids is 2. The number of Topliss-reactive ketones (excluding diaryl/α,β-unsaturated/α-hetero) is 1. The number of rotatable bonds is 5. The minimum Gasteiger partial charge on any atom is -0.486 e. The number of ketones is 1. The molecular weight excluding hydrogens is 322 g/mol. The Morgan fingerprint density at radius 2 is 1.64 bits per heavy atom. The van der Waals surface area contributed by atoms with Gasteiger partial charge in [0.05, 0.1) is 12.2 Å². The summed E-state index contributed by atoms with van der Waals surface area (Å²) in [7, 11) is 0. The molecule has 2 aliphatic rings. The first-order chi connectivity index (χ1) is 12.1. The van der Waals surface area contributed by atoms with Gasteiger partial charge in [0.25, 0.3) is 0 Å². The zero-order chi connectivity index (χ0) is 17.8. The molecule has 1 saturated heterocycles. The van der Waals surface area contributed by atoms with Crippen molar-refractivity contribution in [2.75, 3.05) is 57.8 Å². The number of carbonyl (C=O) groups is 2. The van der Waals surface area contributed by atoms with Crippen LogP contribution >= 0.6 is 0 Å². The van der Waals surface area contributed by atoms with E-state index < -0.39 is 0 Å². The first-order valence-corrected chi connectivity index (χ1v) is 8.76. The molecule has 7 heteroatoms. The summed E-state index contributed by atoms with van der Waals surface area (Å²) in [5, 5.41) is 2.86. The molecule has 0 bridgehead atoms. The highest BCUT2D eigenvalue weighted by atomic mass is 16.6. The van der Waals surface area contributed by atoms with Crippen molar-refractivity contribution in [3.05, 3.63) is 17.7 Å². The number of benzene rings is 1. The molecule has 0 aliphatic carbocycles. The van der Waals surface area contributed by atoms with Crippen LogP contribution < -0.4 is 14.8 Å². The molecule has 1 aromatic carbocycles.